The lowest BCUT2D eigenvalue weighted by atomic mass is 10.2. The number of aromatic hydroxyl groups is 1. The SMILES string of the molecule is O=C(Nc1ccc(F)c(F)c1F)c1nn(-c2ccc(Br)cc2)c(=O)cc1O. The number of carbonyl (C=O) groups excluding carboxylic acids is 1. The van der Waals surface area contributed by atoms with Crippen LogP contribution in [0.2, 0.25) is 0 Å². The molecule has 0 aliphatic carbocycles. The minimum atomic E-state index is -1.76. The summed E-state index contributed by atoms with van der Waals surface area (Å²) in [6.45, 7) is 0. The monoisotopic (exact) mass is 439 g/mol. The van der Waals surface area contributed by atoms with Gasteiger partial charge in [-0.1, -0.05) is 15.9 Å². The van der Waals surface area contributed by atoms with Crippen molar-refractivity contribution in [2.45, 2.75) is 0 Å². The zero-order valence-electron chi connectivity index (χ0n) is 13.2. The van der Waals surface area contributed by atoms with Crippen LogP contribution in [-0.4, -0.2) is 20.8 Å². The van der Waals surface area contributed by atoms with E-state index in [1.807, 2.05) is 5.32 Å². The van der Waals surface area contributed by atoms with Crippen LogP contribution in [-0.2, 0) is 0 Å². The van der Waals surface area contributed by atoms with Gasteiger partial charge in [0.1, 0.15) is 0 Å². The van der Waals surface area contributed by atoms with Gasteiger partial charge in [0, 0.05) is 10.5 Å². The Morgan fingerprint density at radius 2 is 1.74 bits per heavy atom. The van der Waals surface area contributed by atoms with Gasteiger partial charge < -0.3 is 10.4 Å². The summed E-state index contributed by atoms with van der Waals surface area (Å²) in [6.07, 6.45) is 0. The fraction of sp³-hybridized carbons (Fsp3) is 0. The van der Waals surface area contributed by atoms with Crippen molar-refractivity contribution in [3.8, 4) is 11.4 Å². The fourth-order valence-corrected chi connectivity index (χ4v) is 2.44. The zero-order chi connectivity index (χ0) is 19.7. The standard InChI is InChI=1S/C17H9BrF3N3O3/c18-8-1-3-9(4-2-8)24-13(26)7-12(25)16(23-24)17(27)22-11-6-5-10(19)14(20)15(11)21/h1-7,25H,(H,22,27). The minimum absolute atomic E-state index is 0.302. The largest absolute Gasteiger partial charge is 0.505 e. The van der Waals surface area contributed by atoms with Crippen LogP contribution in [0.5, 0.6) is 5.75 Å². The Balaban J connectivity index is 2.00. The average molecular weight is 440 g/mol. The van der Waals surface area contributed by atoms with E-state index in [1.54, 1.807) is 12.1 Å². The highest BCUT2D eigenvalue weighted by molar-refractivity contribution is 9.10. The summed E-state index contributed by atoms with van der Waals surface area (Å²) in [4.78, 5) is 24.3. The number of hydrogen-bond acceptors (Lipinski definition) is 4. The maximum Gasteiger partial charge on any atom is 0.280 e. The number of hydrogen-bond donors (Lipinski definition) is 2. The molecule has 10 heteroatoms. The first-order valence-corrected chi connectivity index (χ1v) is 8.11. The third kappa shape index (κ3) is 3.70. The molecule has 0 saturated heterocycles. The van der Waals surface area contributed by atoms with Gasteiger partial charge in [-0.3, -0.25) is 9.59 Å². The average Bonchev–Trinajstić information content (AvgIpc) is 2.63. The number of nitrogens with zero attached hydrogens (tertiary/aromatic N) is 2. The van der Waals surface area contributed by atoms with Gasteiger partial charge in [-0.15, -0.1) is 0 Å². The molecule has 0 fully saturated rings. The van der Waals surface area contributed by atoms with E-state index >= 15 is 0 Å². The Hall–Kier alpha value is -3.14. The summed E-state index contributed by atoms with van der Waals surface area (Å²) in [5.74, 6) is -6.67. The molecule has 1 heterocycles. The second-order valence-electron chi connectivity index (χ2n) is 5.28. The van der Waals surface area contributed by atoms with Crippen LogP contribution in [0.3, 0.4) is 0 Å². The van der Waals surface area contributed by atoms with Crippen molar-refractivity contribution in [3.05, 3.63) is 80.4 Å². The van der Waals surface area contributed by atoms with E-state index in [9.17, 15) is 27.9 Å². The summed E-state index contributed by atoms with van der Waals surface area (Å²) in [5.41, 5.74) is -1.68. The number of rotatable bonds is 3. The lowest BCUT2D eigenvalue weighted by molar-refractivity contribution is 0.101. The first kappa shape index (κ1) is 18.6. The summed E-state index contributed by atoms with van der Waals surface area (Å²) in [7, 11) is 0. The van der Waals surface area contributed by atoms with Crippen LogP contribution >= 0.6 is 15.9 Å². The molecule has 1 amide bonds. The molecule has 0 aliphatic heterocycles. The van der Waals surface area contributed by atoms with E-state index in [4.69, 9.17) is 0 Å². The molecule has 0 saturated carbocycles. The molecule has 27 heavy (non-hydrogen) atoms. The normalized spacial score (nSPS) is 10.7. The lowest BCUT2D eigenvalue weighted by Crippen LogP contribution is -2.25. The molecule has 3 rings (SSSR count). The highest BCUT2D eigenvalue weighted by Gasteiger charge is 2.20. The summed E-state index contributed by atoms with van der Waals surface area (Å²) in [5, 5.41) is 15.6. The maximum atomic E-state index is 13.7. The predicted octanol–water partition coefficient (Wildman–Crippen LogP) is 3.37. The first-order valence-electron chi connectivity index (χ1n) is 7.32. The van der Waals surface area contributed by atoms with E-state index < -0.39 is 46.0 Å². The molecule has 0 bridgehead atoms. The highest BCUT2D eigenvalue weighted by Crippen LogP contribution is 2.21. The second-order valence-corrected chi connectivity index (χ2v) is 6.20. The van der Waals surface area contributed by atoms with Gasteiger partial charge in [-0.25, -0.2) is 13.2 Å². The fourth-order valence-electron chi connectivity index (χ4n) is 2.18. The number of nitrogens with one attached hydrogen (secondary N) is 1. The molecule has 2 aromatic carbocycles. The predicted molar refractivity (Wildman–Crippen MR) is 93.5 cm³/mol. The number of amides is 1. The quantitative estimate of drug-likeness (QED) is 0.612. The highest BCUT2D eigenvalue weighted by atomic mass is 79.9. The Bertz CT molecular complexity index is 1100. The van der Waals surface area contributed by atoms with Crippen LogP contribution < -0.4 is 10.9 Å². The van der Waals surface area contributed by atoms with Crippen LogP contribution in [0.4, 0.5) is 18.9 Å². The van der Waals surface area contributed by atoms with Crippen LogP contribution in [0.1, 0.15) is 10.5 Å². The van der Waals surface area contributed by atoms with Gasteiger partial charge in [0.15, 0.2) is 28.9 Å². The van der Waals surface area contributed by atoms with Crippen LogP contribution in [0, 0.1) is 17.5 Å². The Morgan fingerprint density at radius 1 is 1.07 bits per heavy atom. The van der Waals surface area contributed by atoms with E-state index in [0.717, 1.165) is 21.3 Å². The van der Waals surface area contributed by atoms with Gasteiger partial charge in [0.25, 0.3) is 11.5 Å². The molecule has 0 aliphatic rings. The smallest absolute Gasteiger partial charge is 0.280 e. The Kier molecular flexibility index (Phi) is 5.00. The molecule has 3 aromatic rings. The lowest BCUT2D eigenvalue weighted by Gasteiger charge is -2.10. The van der Waals surface area contributed by atoms with E-state index in [0.29, 0.717) is 11.8 Å². The third-order valence-electron chi connectivity index (χ3n) is 3.48. The van der Waals surface area contributed by atoms with Crippen molar-refractivity contribution in [3.63, 3.8) is 0 Å². The van der Waals surface area contributed by atoms with Gasteiger partial charge in [0.2, 0.25) is 0 Å². The van der Waals surface area contributed by atoms with Crippen molar-refractivity contribution < 1.29 is 23.1 Å². The summed E-state index contributed by atoms with van der Waals surface area (Å²) >= 11 is 3.24. The number of halogens is 4. The van der Waals surface area contributed by atoms with Crippen molar-refractivity contribution >= 4 is 27.5 Å². The molecule has 0 unspecified atom stereocenters. The van der Waals surface area contributed by atoms with Gasteiger partial charge in [-0.05, 0) is 36.4 Å². The molecule has 0 radical (unpaired) electrons. The minimum Gasteiger partial charge on any atom is -0.505 e. The van der Waals surface area contributed by atoms with Gasteiger partial charge in [0.05, 0.1) is 11.4 Å². The Labute approximate surface area is 158 Å². The topological polar surface area (TPSA) is 84.2 Å². The van der Waals surface area contributed by atoms with Gasteiger partial charge in [-0.2, -0.15) is 9.78 Å². The number of benzene rings is 2. The van der Waals surface area contributed by atoms with Crippen LogP contribution in [0.15, 0.2) is 51.7 Å². The Morgan fingerprint density at radius 3 is 2.41 bits per heavy atom. The summed E-state index contributed by atoms with van der Waals surface area (Å²) in [6, 6.07) is 8.53. The molecule has 1 aromatic heterocycles. The molecule has 0 spiro atoms. The van der Waals surface area contributed by atoms with E-state index in [-0.39, 0.29) is 0 Å². The number of aromatic nitrogens is 2. The molecular weight excluding hydrogens is 431 g/mol. The second kappa shape index (κ2) is 7.23. The van der Waals surface area contributed by atoms with Crippen molar-refractivity contribution in [2.24, 2.45) is 0 Å². The molecule has 138 valence electrons. The van der Waals surface area contributed by atoms with Crippen LogP contribution in [0.25, 0.3) is 5.69 Å². The summed E-state index contributed by atoms with van der Waals surface area (Å²) < 4.78 is 41.6. The van der Waals surface area contributed by atoms with E-state index in [1.165, 1.54) is 12.1 Å². The zero-order valence-corrected chi connectivity index (χ0v) is 14.8. The molecule has 0 atom stereocenters. The van der Waals surface area contributed by atoms with Crippen molar-refractivity contribution in [1.82, 2.24) is 9.78 Å². The number of anilines is 1. The first-order chi connectivity index (χ1) is 12.8. The van der Waals surface area contributed by atoms with E-state index in [2.05, 4.69) is 21.0 Å². The molecule has 6 nitrogen and oxygen atoms in total. The maximum absolute atomic E-state index is 13.7. The number of carbonyl (C=O) groups is 1. The molecular formula is C17H9BrF3N3O3. The third-order valence-corrected chi connectivity index (χ3v) is 4.01. The van der Waals surface area contributed by atoms with Crippen molar-refractivity contribution in [1.29, 1.82) is 0 Å². The molecule has 2 N–H and O–H groups in total. The van der Waals surface area contributed by atoms with Crippen molar-refractivity contribution in [2.75, 3.05) is 5.32 Å². The van der Waals surface area contributed by atoms with Gasteiger partial charge >= 0.3 is 0 Å².